The van der Waals surface area contributed by atoms with Gasteiger partial charge in [0, 0.05) is 18.1 Å². The Balaban J connectivity index is 1.82. The van der Waals surface area contributed by atoms with Gasteiger partial charge in [-0.15, -0.1) is 10.2 Å². The monoisotopic (exact) mass is 310 g/mol. The minimum atomic E-state index is -0.418. The van der Waals surface area contributed by atoms with Gasteiger partial charge in [0.1, 0.15) is 17.5 Å². The lowest BCUT2D eigenvalue weighted by molar-refractivity contribution is 0.618. The molecule has 0 unspecified atom stereocenters. The summed E-state index contributed by atoms with van der Waals surface area (Å²) in [4.78, 5) is 4.07. The van der Waals surface area contributed by atoms with Crippen molar-refractivity contribution in [2.24, 2.45) is 0 Å². The quantitative estimate of drug-likeness (QED) is 0.711. The largest absolute Gasteiger partial charge is 0.360 e. The fraction of sp³-hybridized carbons (Fsp3) is 0.0714. The lowest BCUT2D eigenvalue weighted by Gasteiger charge is -2.07. The summed E-state index contributed by atoms with van der Waals surface area (Å²) in [6.45, 7) is 1.83. The van der Waals surface area contributed by atoms with Crippen molar-refractivity contribution >= 4 is 11.3 Å². The van der Waals surface area contributed by atoms with Crippen LogP contribution in [0.5, 0.6) is 0 Å². The van der Waals surface area contributed by atoms with Crippen LogP contribution in [0.15, 0.2) is 36.9 Å². The van der Waals surface area contributed by atoms with Gasteiger partial charge in [0.05, 0.1) is 17.7 Å². The van der Waals surface area contributed by atoms with Gasteiger partial charge >= 0.3 is 0 Å². The summed E-state index contributed by atoms with van der Waals surface area (Å²) in [6, 6.07) is 6.57. The molecule has 0 aliphatic heterocycles. The number of hydrogen-bond acceptors (Lipinski definition) is 6. The fourth-order valence-corrected chi connectivity index (χ4v) is 1.94. The molecule has 2 N–H and O–H groups in total. The Hall–Kier alpha value is -3.54. The first-order valence-corrected chi connectivity index (χ1v) is 6.58. The van der Waals surface area contributed by atoms with Crippen LogP contribution in [0, 0.1) is 24.1 Å². The maximum atomic E-state index is 14.2. The summed E-state index contributed by atoms with van der Waals surface area (Å²) in [7, 11) is 0. The number of aromatic nitrogens is 6. The minimum Gasteiger partial charge on any atom is -0.360 e. The predicted octanol–water partition coefficient (Wildman–Crippen LogP) is 1.81. The molecule has 0 atom stereocenters. The first-order chi connectivity index (χ1) is 11.2. The van der Waals surface area contributed by atoms with E-state index in [0.29, 0.717) is 11.4 Å². The number of aryl methyl sites for hydroxylation is 1. The van der Waals surface area contributed by atoms with Gasteiger partial charge < -0.3 is 9.88 Å². The average Bonchev–Trinajstić information content (AvgIpc) is 3.20. The number of nitrogens with zero attached hydrogens (tertiary/aromatic N) is 6. The van der Waals surface area contributed by atoms with Gasteiger partial charge in [-0.3, -0.25) is 0 Å². The molecule has 0 bridgehead atoms. The Morgan fingerprint density at radius 1 is 1.48 bits per heavy atom. The zero-order valence-corrected chi connectivity index (χ0v) is 12.0. The van der Waals surface area contributed by atoms with Crippen LogP contribution in [0.25, 0.3) is 11.3 Å². The first-order valence-electron chi connectivity index (χ1n) is 6.58. The van der Waals surface area contributed by atoms with Gasteiger partial charge in [-0.05, 0) is 30.3 Å². The van der Waals surface area contributed by atoms with Crippen molar-refractivity contribution in [1.29, 1.82) is 5.26 Å². The maximum Gasteiger partial charge on any atom is 0.216 e. The highest BCUT2D eigenvalue weighted by Crippen LogP contribution is 2.19. The van der Waals surface area contributed by atoms with Gasteiger partial charge in [0.25, 0.3) is 0 Å². The summed E-state index contributed by atoms with van der Waals surface area (Å²) >= 11 is 0. The smallest absolute Gasteiger partial charge is 0.216 e. The number of rotatable bonds is 4. The molecular weight excluding hydrogens is 299 g/mol. The molecule has 9 heteroatoms. The van der Waals surface area contributed by atoms with Gasteiger partial charge in [0.2, 0.25) is 5.82 Å². The van der Waals surface area contributed by atoms with Crippen molar-refractivity contribution in [2.75, 3.05) is 5.32 Å². The molecule has 8 nitrogen and oxygen atoms in total. The number of halogens is 1. The van der Waals surface area contributed by atoms with E-state index in [1.807, 2.05) is 13.0 Å². The van der Waals surface area contributed by atoms with E-state index < -0.39 is 5.82 Å². The molecule has 0 saturated heterocycles. The number of nitrogens with one attached hydrogen (secondary N) is 2. The SMILES string of the molecule is Cc1cn(-c2ccc(NC=C(C#N)c3nn[nH]n3)cc2F)cn1. The number of imidazole rings is 1. The van der Waals surface area contributed by atoms with E-state index in [2.05, 4.69) is 30.9 Å². The van der Waals surface area contributed by atoms with Gasteiger partial charge in [-0.25, -0.2) is 9.37 Å². The molecule has 0 aliphatic rings. The van der Waals surface area contributed by atoms with E-state index in [4.69, 9.17) is 5.26 Å². The normalized spacial score (nSPS) is 11.3. The Morgan fingerprint density at radius 2 is 2.35 bits per heavy atom. The second kappa shape index (κ2) is 6.07. The molecule has 0 saturated carbocycles. The number of H-pyrrole nitrogens is 1. The standard InChI is InChI=1S/C14H11FN8/c1-9-7-23(8-18-9)13-3-2-11(4-12(13)15)17-6-10(5-16)14-19-21-22-20-14/h2-4,6-8,17H,1H3,(H,19,20,21,22). The van der Waals surface area contributed by atoms with Crippen LogP contribution >= 0.6 is 0 Å². The molecule has 0 aliphatic carbocycles. The van der Waals surface area contributed by atoms with Crippen molar-refractivity contribution < 1.29 is 4.39 Å². The number of allylic oxidation sites excluding steroid dienone is 1. The van der Waals surface area contributed by atoms with Crippen molar-refractivity contribution in [2.45, 2.75) is 6.92 Å². The van der Waals surface area contributed by atoms with Crippen molar-refractivity contribution in [3.8, 4) is 11.8 Å². The predicted molar refractivity (Wildman–Crippen MR) is 79.6 cm³/mol. The molecule has 0 fully saturated rings. The summed E-state index contributed by atoms with van der Waals surface area (Å²) in [5, 5.41) is 25.0. The van der Waals surface area contributed by atoms with Gasteiger partial charge in [0.15, 0.2) is 0 Å². The minimum absolute atomic E-state index is 0.158. The lowest BCUT2D eigenvalue weighted by atomic mass is 10.2. The second-order valence-corrected chi connectivity index (χ2v) is 4.64. The van der Waals surface area contributed by atoms with E-state index in [0.717, 1.165) is 5.69 Å². The fourth-order valence-electron chi connectivity index (χ4n) is 1.94. The molecule has 23 heavy (non-hydrogen) atoms. The highest BCUT2D eigenvalue weighted by Gasteiger charge is 2.08. The molecule has 3 aromatic rings. The first kappa shape index (κ1) is 14.4. The van der Waals surface area contributed by atoms with Gasteiger partial charge in [-0.1, -0.05) is 0 Å². The van der Waals surface area contributed by atoms with Crippen molar-refractivity contribution in [1.82, 2.24) is 30.2 Å². The molecule has 1 aromatic carbocycles. The summed E-state index contributed by atoms with van der Waals surface area (Å²) in [5.41, 5.74) is 1.85. The third kappa shape index (κ3) is 3.06. The van der Waals surface area contributed by atoms with Crippen molar-refractivity contribution in [3.05, 3.63) is 54.3 Å². The van der Waals surface area contributed by atoms with E-state index in [1.54, 1.807) is 29.2 Å². The number of benzene rings is 1. The average molecular weight is 310 g/mol. The molecular formula is C14H11FN8. The summed E-state index contributed by atoms with van der Waals surface area (Å²) in [6.07, 6.45) is 4.67. The Labute approximate surface area is 130 Å². The number of nitriles is 1. The molecule has 2 aromatic heterocycles. The second-order valence-electron chi connectivity index (χ2n) is 4.64. The van der Waals surface area contributed by atoms with Crippen LogP contribution in [0.1, 0.15) is 11.5 Å². The van der Waals surface area contributed by atoms with E-state index in [9.17, 15) is 4.39 Å². The third-order valence-electron chi connectivity index (χ3n) is 3.03. The summed E-state index contributed by atoms with van der Waals surface area (Å²) in [5.74, 6) is -0.259. The number of tetrazole rings is 1. The van der Waals surface area contributed by atoms with Gasteiger partial charge in [-0.2, -0.15) is 10.5 Å². The highest BCUT2D eigenvalue weighted by atomic mass is 19.1. The maximum absolute atomic E-state index is 14.2. The molecule has 114 valence electrons. The zero-order chi connectivity index (χ0) is 16.2. The zero-order valence-electron chi connectivity index (χ0n) is 12.0. The van der Waals surface area contributed by atoms with Crippen LogP contribution < -0.4 is 5.32 Å². The third-order valence-corrected chi connectivity index (χ3v) is 3.03. The molecule has 2 heterocycles. The van der Waals surface area contributed by atoms with E-state index >= 15 is 0 Å². The van der Waals surface area contributed by atoms with Crippen molar-refractivity contribution in [3.63, 3.8) is 0 Å². The summed E-state index contributed by atoms with van der Waals surface area (Å²) < 4.78 is 15.8. The van der Waals surface area contributed by atoms with Crippen LogP contribution in [0.4, 0.5) is 10.1 Å². The number of anilines is 1. The lowest BCUT2D eigenvalue weighted by Crippen LogP contribution is -1.97. The Bertz CT molecular complexity index is 888. The Kier molecular flexibility index (Phi) is 3.80. The van der Waals surface area contributed by atoms with Crippen LogP contribution in [-0.4, -0.2) is 30.2 Å². The molecule has 0 spiro atoms. The van der Waals surface area contributed by atoms with Crippen LogP contribution in [0.2, 0.25) is 0 Å². The topological polar surface area (TPSA) is 108 Å². The van der Waals surface area contributed by atoms with Crippen LogP contribution in [-0.2, 0) is 0 Å². The van der Waals surface area contributed by atoms with Crippen LogP contribution in [0.3, 0.4) is 0 Å². The highest BCUT2D eigenvalue weighted by molar-refractivity contribution is 5.74. The van der Waals surface area contributed by atoms with E-state index in [-0.39, 0.29) is 11.4 Å². The molecule has 0 radical (unpaired) electrons. The number of aromatic amines is 1. The van der Waals surface area contributed by atoms with E-state index in [1.165, 1.54) is 12.3 Å². The Morgan fingerprint density at radius 3 is 2.96 bits per heavy atom. The number of hydrogen-bond donors (Lipinski definition) is 2. The molecule has 0 amide bonds. The molecule has 3 rings (SSSR count).